The van der Waals surface area contributed by atoms with Gasteiger partial charge in [0.15, 0.2) is 0 Å². The fraction of sp³-hybridized carbons (Fsp3) is 0. The summed E-state index contributed by atoms with van der Waals surface area (Å²) in [7, 11) is 0. The van der Waals surface area contributed by atoms with E-state index in [1.54, 1.807) is 6.07 Å². The average Bonchev–Trinajstić information content (AvgIpc) is 2.01. The zero-order chi connectivity index (χ0) is 10.8. The molecule has 0 saturated carbocycles. The third-order valence-electron chi connectivity index (χ3n) is 1.48. The Kier molecular flexibility index (Phi) is 7.15. The van der Waals surface area contributed by atoms with Crippen LogP contribution < -0.4 is 51.4 Å². The molecule has 0 aliphatic heterocycles. The van der Waals surface area contributed by atoms with Crippen LogP contribution >= 0.6 is 23.2 Å². The van der Waals surface area contributed by atoms with Gasteiger partial charge < -0.3 is 12.9 Å². The van der Waals surface area contributed by atoms with Crippen LogP contribution in [0.3, 0.4) is 0 Å². The largest absolute Gasteiger partial charge is 1.00 e. The molecule has 1 rings (SSSR count). The van der Waals surface area contributed by atoms with Crippen LogP contribution in [-0.4, -0.2) is 6.98 Å². The number of hydrogen-bond acceptors (Lipinski definition) is 0. The molecule has 0 aliphatic carbocycles. The molecular formula is C8H5BCl2F3K. The van der Waals surface area contributed by atoms with Crippen molar-refractivity contribution < 1.29 is 64.3 Å². The average molecular weight is 279 g/mol. The second-order valence-electron chi connectivity index (χ2n) is 2.62. The van der Waals surface area contributed by atoms with Crippen LogP contribution in [0.25, 0.3) is 6.08 Å². The Morgan fingerprint density at radius 2 is 1.53 bits per heavy atom. The van der Waals surface area contributed by atoms with Crippen LogP contribution in [0.15, 0.2) is 24.2 Å². The zero-order valence-corrected chi connectivity index (χ0v) is 12.5. The Morgan fingerprint density at radius 1 is 1.07 bits per heavy atom. The first-order valence-corrected chi connectivity index (χ1v) is 4.49. The van der Waals surface area contributed by atoms with E-state index in [2.05, 4.69) is 0 Å². The van der Waals surface area contributed by atoms with Crippen LogP contribution in [0, 0.1) is 0 Å². The molecule has 0 atom stereocenters. The van der Waals surface area contributed by atoms with Gasteiger partial charge >= 0.3 is 58.4 Å². The maximum atomic E-state index is 11.9. The van der Waals surface area contributed by atoms with Gasteiger partial charge in [0, 0.05) is 15.6 Å². The van der Waals surface area contributed by atoms with Crippen LogP contribution in [0.5, 0.6) is 0 Å². The molecule has 0 bridgehead atoms. The summed E-state index contributed by atoms with van der Waals surface area (Å²) in [6.45, 7) is -4.95. The molecule has 0 saturated heterocycles. The molecule has 0 amide bonds. The first-order chi connectivity index (χ1) is 6.40. The third-order valence-corrected chi connectivity index (χ3v) is 2.14. The van der Waals surface area contributed by atoms with Gasteiger partial charge in [0.05, 0.1) is 0 Å². The molecule has 0 unspecified atom stereocenters. The van der Waals surface area contributed by atoms with Crippen molar-refractivity contribution in [1.82, 2.24) is 0 Å². The Hall–Kier alpha value is 1.03. The molecule has 0 N–H and O–H groups in total. The van der Waals surface area contributed by atoms with Crippen molar-refractivity contribution in [2.45, 2.75) is 0 Å². The molecular weight excluding hydrogens is 274 g/mol. The van der Waals surface area contributed by atoms with Gasteiger partial charge in [-0.25, -0.2) is 0 Å². The summed E-state index contributed by atoms with van der Waals surface area (Å²) >= 11 is 11.3. The smallest absolute Gasteiger partial charge is 0.445 e. The van der Waals surface area contributed by atoms with Crippen LogP contribution in [0.4, 0.5) is 12.9 Å². The van der Waals surface area contributed by atoms with E-state index in [0.717, 1.165) is 6.08 Å². The van der Waals surface area contributed by atoms with Crippen molar-refractivity contribution in [3.63, 3.8) is 0 Å². The number of halogens is 5. The van der Waals surface area contributed by atoms with Gasteiger partial charge in [-0.15, -0.1) is 5.98 Å². The molecule has 0 spiro atoms. The van der Waals surface area contributed by atoms with Gasteiger partial charge in [0.25, 0.3) is 0 Å². The monoisotopic (exact) mass is 278 g/mol. The Labute approximate surface area is 138 Å². The van der Waals surface area contributed by atoms with Crippen LogP contribution in [0.2, 0.25) is 10.0 Å². The summed E-state index contributed by atoms with van der Waals surface area (Å²) in [5.74, 6) is 0.160. The van der Waals surface area contributed by atoms with E-state index in [4.69, 9.17) is 23.2 Å². The first kappa shape index (κ1) is 16.0. The molecule has 7 heteroatoms. The predicted octanol–water partition coefficient (Wildman–Crippen LogP) is 1.40. The molecule has 0 nitrogen and oxygen atoms in total. The Balaban J connectivity index is 0.00000196. The van der Waals surface area contributed by atoms with Crippen molar-refractivity contribution in [3.05, 3.63) is 39.8 Å². The number of hydrogen-bond donors (Lipinski definition) is 0. The van der Waals surface area contributed by atoms with E-state index in [1.807, 2.05) is 0 Å². The quantitative estimate of drug-likeness (QED) is 0.718. The van der Waals surface area contributed by atoms with Gasteiger partial charge in [-0.3, -0.25) is 0 Å². The molecule has 1 aromatic carbocycles. The minimum atomic E-state index is -4.95. The standard InChI is InChI=1S/C8H5BCl2F3.K/c10-7-2-1-3-8(11)6(7)4-5-9(12,13)14;/h1-5H;/q-1;+1/b5-4+;. The number of benzene rings is 1. The number of rotatable bonds is 2. The van der Waals surface area contributed by atoms with Crippen LogP contribution in [-0.2, 0) is 0 Å². The summed E-state index contributed by atoms with van der Waals surface area (Å²) < 4.78 is 35.7. The van der Waals surface area contributed by atoms with Crippen molar-refractivity contribution in [3.8, 4) is 0 Å². The van der Waals surface area contributed by atoms with Crippen molar-refractivity contribution in [2.75, 3.05) is 0 Å². The predicted molar refractivity (Wildman–Crippen MR) is 54.6 cm³/mol. The van der Waals surface area contributed by atoms with E-state index < -0.39 is 6.98 Å². The van der Waals surface area contributed by atoms with Gasteiger partial charge in [-0.05, 0) is 12.1 Å². The second kappa shape index (κ2) is 6.69. The molecule has 15 heavy (non-hydrogen) atoms. The van der Waals surface area contributed by atoms with Crippen molar-refractivity contribution >= 4 is 36.3 Å². The van der Waals surface area contributed by atoms with Gasteiger partial charge in [0.1, 0.15) is 0 Å². The molecule has 0 heterocycles. The molecule has 1 aromatic rings. The molecule has 0 aliphatic rings. The fourth-order valence-electron chi connectivity index (χ4n) is 0.875. The van der Waals surface area contributed by atoms with E-state index in [-0.39, 0.29) is 73.0 Å². The van der Waals surface area contributed by atoms with E-state index in [0.29, 0.717) is 0 Å². The minimum absolute atomic E-state index is 0. The van der Waals surface area contributed by atoms with E-state index in [1.165, 1.54) is 12.1 Å². The molecule has 0 fully saturated rings. The zero-order valence-electron chi connectivity index (χ0n) is 7.85. The molecule has 0 aromatic heterocycles. The Bertz CT molecular complexity index is 345. The van der Waals surface area contributed by atoms with Crippen molar-refractivity contribution in [1.29, 1.82) is 0 Å². The van der Waals surface area contributed by atoms with Crippen molar-refractivity contribution in [2.24, 2.45) is 0 Å². The van der Waals surface area contributed by atoms with E-state index >= 15 is 0 Å². The summed E-state index contributed by atoms with van der Waals surface area (Å²) in [5, 5.41) is 0.405. The summed E-state index contributed by atoms with van der Waals surface area (Å²) in [6.07, 6.45) is 0.880. The molecule has 0 radical (unpaired) electrons. The topological polar surface area (TPSA) is 0 Å². The fourth-order valence-corrected chi connectivity index (χ4v) is 1.40. The van der Waals surface area contributed by atoms with E-state index in [9.17, 15) is 12.9 Å². The SMILES string of the molecule is F[B-](F)(F)/C=C/c1c(Cl)cccc1Cl.[K+]. The van der Waals surface area contributed by atoms with Gasteiger partial charge in [0.2, 0.25) is 0 Å². The molecule has 76 valence electrons. The maximum absolute atomic E-state index is 11.9. The van der Waals surface area contributed by atoms with Crippen LogP contribution in [0.1, 0.15) is 5.56 Å². The third kappa shape index (κ3) is 5.77. The van der Waals surface area contributed by atoms with Gasteiger partial charge in [-0.2, -0.15) is 0 Å². The normalized spacial score (nSPS) is 11.5. The maximum Gasteiger partial charge on any atom is 1.00 e. The summed E-state index contributed by atoms with van der Waals surface area (Å²) in [6, 6.07) is 4.54. The summed E-state index contributed by atoms with van der Waals surface area (Å²) in [5.41, 5.74) is 0.190. The van der Waals surface area contributed by atoms with Gasteiger partial charge in [-0.1, -0.05) is 35.3 Å². The Morgan fingerprint density at radius 3 is 1.93 bits per heavy atom. The first-order valence-electron chi connectivity index (χ1n) is 3.73. The second-order valence-corrected chi connectivity index (χ2v) is 3.43. The summed E-state index contributed by atoms with van der Waals surface area (Å²) in [4.78, 5) is 0. The minimum Gasteiger partial charge on any atom is -0.445 e.